The van der Waals surface area contributed by atoms with Gasteiger partial charge in [0.2, 0.25) is 0 Å². The Labute approximate surface area is 103 Å². The van der Waals surface area contributed by atoms with Gasteiger partial charge in [-0.3, -0.25) is 9.59 Å². The molecule has 0 unspecified atom stereocenters. The van der Waals surface area contributed by atoms with E-state index in [9.17, 15) is 14.7 Å². The van der Waals surface area contributed by atoms with Gasteiger partial charge in [-0.05, 0) is 32.0 Å². The van der Waals surface area contributed by atoms with E-state index in [0.29, 0.717) is 16.8 Å². The Kier molecular flexibility index (Phi) is 2.67. The molecule has 0 radical (unpaired) electrons. The summed E-state index contributed by atoms with van der Waals surface area (Å²) in [5, 5.41) is 9.39. The van der Waals surface area contributed by atoms with Gasteiger partial charge >= 0.3 is 0 Å². The Balaban J connectivity index is 2.47. The van der Waals surface area contributed by atoms with Crippen LogP contribution in [-0.4, -0.2) is 16.9 Å². The molecule has 1 N–H and O–H groups in total. The Morgan fingerprint density at radius 1 is 1.12 bits per heavy atom. The van der Waals surface area contributed by atoms with E-state index in [0.717, 1.165) is 4.90 Å². The van der Waals surface area contributed by atoms with Crippen molar-refractivity contribution in [2.24, 2.45) is 0 Å². The minimum absolute atomic E-state index is 0.0871. The van der Waals surface area contributed by atoms with Crippen LogP contribution in [-0.2, 0) is 9.59 Å². The van der Waals surface area contributed by atoms with E-state index >= 15 is 0 Å². The zero-order valence-corrected chi connectivity index (χ0v) is 10.1. The third-order valence-corrected chi connectivity index (χ3v) is 3.10. The van der Waals surface area contributed by atoms with Gasteiger partial charge in [0.1, 0.15) is 5.75 Å². The predicted octanol–water partition coefficient (Wildman–Crippen LogP) is 2.26. The molecule has 0 aromatic heterocycles. The number of amides is 2. The predicted molar refractivity (Wildman–Crippen MR) is 64.0 cm³/mol. The van der Waals surface area contributed by atoms with Crippen LogP contribution in [0.1, 0.15) is 13.8 Å². The van der Waals surface area contributed by atoms with Gasteiger partial charge in [0.05, 0.1) is 10.7 Å². The second-order valence-electron chi connectivity index (χ2n) is 3.83. The molecule has 0 fully saturated rings. The molecule has 1 aromatic rings. The summed E-state index contributed by atoms with van der Waals surface area (Å²) in [5.74, 6) is -0.792. The summed E-state index contributed by atoms with van der Waals surface area (Å²) in [6.07, 6.45) is 0. The molecule has 5 heteroatoms. The molecular weight excluding hydrogens is 242 g/mol. The SMILES string of the molecule is CC1=C(C)C(=O)N(c2ccc(O)c(Cl)c2)C1=O. The van der Waals surface area contributed by atoms with Gasteiger partial charge in [-0.15, -0.1) is 0 Å². The van der Waals surface area contributed by atoms with E-state index in [1.807, 2.05) is 0 Å². The van der Waals surface area contributed by atoms with Crippen molar-refractivity contribution in [1.29, 1.82) is 0 Å². The van der Waals surface area contributed by atoms with Gasteiger partial charge in [-0.25, -0.2) is 4.90 Å². The Hall–Kier alpha value is -1.81. The van der Waals surface area contributed by atoms with Gasteiger partial charge in [-0.2, -0.15) is 0 Å². The fourth-order valence-electron chi connectivity index (χ4n) is 1.62. The minimum Gasteiger partial charge on any atom is -0.506 e. The van der Waals surface area contributed by atoms with Gasteiger partial charge < -0.3 is 5.11 Å². The maximum Gasteiger partial charge on any atom is 0.261 e. The number of rotatable bonds is 1. The van der Waals surface area contributed by atoms with Crippen molar-refractivity contribution < 1.29 is 14.7 Å². The molecule has 0 spiro atoms. The molecule has 2 amide bonds. The van der Waals surface area contributed by atoms with Crippen LogP contribution in [0.2, 0.25) is 5.02 Å². The van der Waals surface area contributed by atoms with Crippen LogP contribution in [0.25, 0.3) is 0 Å². The van der Waals surface area contributed by atoms with Crippen LogP contribution >= 0.6 is 11.6 Å². The maximum atomic E-state index is 11.9. The minimum atomic E-state index is -0.353. The number of hydrogen-bond acceptors (Lipinski definition) is 3. The summed E-state index contributed by atoms with van der Waals surface area (Å²) >= 11 is 5.75. The first kappa shape index (κ1) is 11.7. The van der Waals surface area contributed by atoms with E-state index in [1.165, 1.54) is 18.2 Å². The van der Waals surface area contributed by atoms with E-state index in [2.05, 4.69) is 0 Å². The van der Waals surface area contributed by atoms with E-state index in [4.69, 9.17) is 11.6 Å². The molecule has 17 heavy (non-hydrogen) atoms. The number of nitrogens with zero attached hydrogens (tertiary/aromatic N) is 1. The third kappa shape index (κ3) is 1.70. The van der Waals surface area contributed by atoms with Crippen LogP contribution in [0.3, 0.4) is 0 Å². The molecule has 0 atom stereocenters. The highest BCUT2D eigenvalue weighted by molar-refractivity contribution is 6.34. The average Bonchev–Trinajstić information content (AvgIpc) is 2.48. The molecular formula is C12H10ClNO3. The summed E-state index contributed by atoms with van der Waals surface area (Å²) < 4.78 is 0. The summed E-state index contributed by atoms with van der Waals surface area (Å²) in [7, 11) is 0. The molecule has 2 rings (SSSR count). The molecule has 1 heterocycles. The topological polar surface area (TPSA) is 57.6 Å². The molecule has 0 aliphatic carbocycles. The Bertz CT molecular complexity index is 539. The monoisotopic (exact) mass is 251 g/mol. The number of benzene rings is 1. The lowest BCUT2D eigenvalue weighted by molar-refractivity contribution is -0.120. The van der Waals surface area contributed by atoms with Crippen LogP contribution in [0.15, 0.2) is 29.3 Å². The lowest BCUT2D eigenvalue weighted by Crippen LogP contribution is -2.31. The fourth-order valence-corrected chi connectivity index (χ4v) is 1.79. The zero-order chi connectivity index (χ0) is 12.7. The molecule has 88 valence electrons. The second kappa shape index (κ2) is 3.89. The zero-order valence-electron chi connectivity index (χ0n) is 9.32. The number of anilines is 1. The molecule has 1 aliphatic heterocycles. The Morgan fingerprint density at radius 2 is 1.65 bits per heavy atom. The normalized spacial score (nSPS) is 16.1. The van der Waals surface area contributed by atoms with E-state index < -0.39 is 0 Å². The number of halogens is 1. The largest absolute Gasteiger partial charge is 0.506 e. The highest BCUT2D eigenvalue weighted by Crippen LogP contribution is 2.32. The van der Waals surface area contributed by atoms with Crippen LogP contribution in [0, 0.1) is 0 Å². The first-order valence-electron chi connectivity index (χ1n) is 4.98. The number of imide groups is 1. The van der Waals surface area contributed by atoms with Crippen molar-refractivity contribution in [2.75, 3.05) is 4.90 Å². The van der Waals surface area contributed by atoms with Crippen molar-refractivity contribution >= 4 is 29.1 Å². The first-order chi connectivity index (χ1) is 7.93. The van der Waals surface area contributed by atoms with E-state index in [1.54, 1.807) is 13.8 Å². The van der Waals surface area contributed by atoms with Crippen molar-refractivity contribution in [3.63, 3.8) is 0 Å². The van der Waals surface area contributed by atoms with Crippen molar-refractivity contribution in [2.45, 2.75) is 13.8 Å². The average molecular weight is 252 g/mol. The molecule has 0 bridgehead atoms. The van der Waals surface area contributed by atoms with Crippen molar-refractivity contribution in [1.82, 2.24) is 0 Å². The number of carbonyl (C=O) groups is 2. The van der Waals surface area contributed by atoms with Gasteiger partial charge in [0.25, 0.3) is 11.8 Å². The number of carbonyl (C=O) groups excluding carboxylic acids is 2. The van der Waals surface area contributed by atoms with Gasteiger partial charge in [0, 0.05) is 11.1 Å². The second-order valence-corrected chi connectivity index (χ2v) is 4.24. The molecule has 4 nitrogen and oxygen atoms in total. The molecule has 0 saturated heterocycles. The lowest BCUT2D eigenvalue weighted by atomic mass is 10.2. The summed E-state index contributed by atoms with van der Waals surface area (Å²) in [4.78, 5) is 24.8. The number of phenolic OH excluding ortho intramolecular Hbond substituents is 1. The first-order valence-corrected chi connectivity index (χ1v) is 5.36. The van der Waals surface area contributed by atoms with Gasteiger partial charge in [-0.1, -0.05) is 11.6 Å². The number of aromatic hydroxyl groups is 1. The highest BCUT2D eigenvalue weighted by atomic mass is 35.5. The summed E-state index contributed by atoms with van der Waals surface area (Å²) in [6, 6.07) is 4.21. The van der Waals surface area contributed by atoms with Crippen LogP contribution < -0.4 is 4.90 Å². The smallest absolute Gasteiger partial charge is 0.261 e. The van der Waals surface area contributed by atoms with Crippen LogP contribution in [0.4, 0.5) is 5.69 Å². The summed E-state index contributed by atoms with van der Waals surface area (Å²) in [5.41, 5.74) is 1.22. The third-order valence-electron chi connectivity index (χ3n) is 2.80. The van der Waals surface area contributed by atoms with Crippen LogP contribution in [0.5, 0.6) is 5.75 Å². The standard InChI is InChI=1S/C12H10ClNO3/c1-6-7(2)12(17)14(11(6)16)8-3-4-10(15)9(13)5-8/h3-5,15H,1-2H3. The Morgan fingerprint density at radius 3 is 2.12 bits per heavy atom. The number of phenols is 1. The molecule has 1 aromatic carbocycles. The maximum absolute atomic E-state index is 11.9. The quantitative estimate of drug-likeness (QED) is 0.779. The van der Waals surface area contributed by atoms with Crippen molar-refractivity contribution in [3.8, 4) is 5.75 Å². The van der Waals surface area contributed by atoms with Gasteiger partial charge in [0.15, 0.2) is 0 Å². The lowest BCUT2D eigenvalue weighted by Gasteiger charge is -2.15. The number of hydrogen-bond donors (Lipinski definition) is 1. The van der Waals surface area contributed by atoms with Crippen molar-refractivity contribution in [3.05, 3.63) is 34.4 Å². The molecule has 1 aliphatic rings. The highest BCUT2D eigenvalue weighted by Gasteiger charge is 2.34. The fraction of sp³-hybridized carbons (Fsp3) is 0.167. The summed E-state index contributed by atoms with van der Waals surface area (Å²) in [6.45, 7) is 3.22. The molecule has 0 saturated carbocycles. The van der Waals surface area contributed by atoms with E-state index in [-0.39, 0.29) is 22.6 Å².